The summed E-state index contributed by atoms with van der Waals surface area (Å²) in [5.41, 5.74) is 3.12. The van der Waals surface area contributed by atoms with E-state index >= 15 is 0 Å². The molecule has 0 rings (SSSR count). The summed E-state index contributed by atoms with van der Waals surface area (Å²) in [5.74, 6) is -1.41. The number of carboxylic acid groups (broad SMARTS) is 1. The van der Waals surface area contributed by atoms with Gasteiger partial charge in [-0.05, 0) is 0 Å². The van der Waals surface area contributed by atoms with Crippen molar-refractivity contribution in [2.24, 2.45) is 0 Å². The zero-order valence-electron chi connectivity index (χ0n) is 6.10. The van der Waals surface area contributed by atoms with Crippen LogP contribution < -0.4 is 20.6 Å². The number of carboxylic acids is 1. The number of rotatable bonds is 5. The van der Waals surface area contributed by atoms with E-state index < -0.39 is 26.4 Å². The highest BCUT2D eigenvalue weighted by Gasteiger charge is 2.06. The van der Waals surface area contributed by atoms with Gasteiger partial charge in [0.15, 0.2) is 0 Å². The summed E-state index contributed by atoms with van der Waals surface area (Å²) < 4.78 is 13.6. The van der Waals surface area contributed by atoms with Gasteiger partial charge in [-0.25, -0.2) is 0 Å². The van der Waals surface area contributed by atoms with Crippen LogP contribution in [-0.2, 0) is 13.9 Å². The number of phosphoric acid groups is 1. The lowest BCUT2D eigenvalue weighted by atomic mass is 10.2. The van der Waals surface area contributed by atoms with Crippen LogP contribution in [0.1, 0.15) is 6.42 Å². The maximum absolute atomic E-state index is 10.0. The second kappa shape index (κ2) is 4.54. The summed E-state index contributed by atoms with van der Waals surface area (Å²) in [7, 11) is -4.99. The first kappa shape index (κ1) is 11.5. The van der Waals surface area contributed by atoms with Gasteiger partial charge in [0.25, 0.3) is 0 Å². The van der Waals surface area contributed by atoms with E-state index in [2.05, 4.69) is 10.3 Å². The van der Waals surface area contributed by atoms with Crippen LogP contribution >= 0.6 is 7.82 Å². The molecule has 3 N–H and O–H groups in total. The fraction of sp³-hybridized carbons (Fsp3) is 0.750. The lowest BCUT2D eigenvalue weighted by molar-refractivity contribution is -0.439. The molecule has 12 heavy (non-hydrogen) atoms. The van der Waals surface area contributed by atoms with Gasteiger partial charge in [-0.1, -0.05) is 0 Å². The second-order valence-electron chi connectivity index (χ2n) is 2.09. The van der Waals surface area contributed by atoms with Gasteiger partial charge >= 0.3 is 0 Å². The lowest BCUT2D eigenvalue weighted by Crippen LogP contribution is -2.68. The smallest absolute Gasteiger partial charge is 0.127 e. The highest BCUT2D eigenvalue weighted by molar-refractivity contribution is 7.43. The minimum absolute atomic E-state index is 0.170. The van der Waals surface area contributed by atoms with Crippen molar-refractivity contribution in [1.29, 1.82) is 0 Å². The third-order valence-corrected chi connectivity index (χ3v) is 1.55. The van der Waals surface area contributed by atoms with Crippen LogP contribution in [-0.4, -0.2) is 18.6 Å². The van der Waals surface area contributed by atoms with Crippen LogP contribution in [0.2, 0.25) is 0 Å². The van der Waals surface area contributed by atoms with E-state index in [1.807, 2.05) is 0 Å². The summed E-state index contributed by atoms with van der Waals surface area (Å²) in [4.78, 5) is 29.7. The van der Waals surface area contributed by atoms with E-state index in [4.69, 9.17) is 0 Å². The lowest BCUT2D eigenvalue weighted by Gasteiger charge is -2.28. The summed E-state index contributed by atoms with van der Waals surface area (Å²) in [6.07, 6.45) is -0.170. The van der Waals surface area contributed by atoms with Gasteiger partial charge in [0.1, 0.15) is 6.04 Å². The van der Waals surface area contributed by atoms with E-state index in [1.165, 1.54) is 0 Å². The minimum Gasteiger partial charge on any atom is -0.790 e. The molecular weight excluding hydrogens is 189 g/mol. The summed E-state index contributed by atoms with van der Waals surface area (Å²) in [5, 5.41) is 10.0. The molecule has 8 heteroatoms. The Hall–Kier alpha value is -0.460. The van der Waals surface area contributed by atoms with Gasteiger partial charge in [-0.3, -0.25) is 0 Å². The molecule has 0 saturated carbocycles. The Kier molecular flexibility index (Phi) is 4.36. The maximum atomic E-state index is 10.0. The van der Waals surface area contributed by atoms with Crippen LogP contribution in [0.4, 0.5) is 0 Å². The Balaban J connectivity index is 3.58. The molecule has 0 heterocycles. The van der Waals surface area contributed by atoms with Crippen molar-refractivity contribution in [2.75, 3.05) is 6.61 Å². The number of hydrogen-bond donors (Lipinski definition) is 1. The number of quaternary nitrogens is 1. The van der Waals surface area contributed by atoms with Gasteiger partial charge in [0, 0.05) is 6.42 Å². The standard InChI is InChI=1S/C4H10NO6P/c5-3(4(6)7)1-2-11-12(8,9)10/h3H,1-2,5H2,(H,6,7)(H2,8,9,10)/p-2/t3-/m0/s1. The van der Waals surface area contributed by atoms with Crippen molar-refractivity contribution in [3.63, 3.8) is 0 Å². The van der Waals surface area contributed by atoms with Crippen molar-refractivity contribution in [2.45, 2.75) is 12.5 Å². The molecule has 0 aromatic rings. The minimum atomic E-state index is -4.99. The SMILES string of the molecule is [NH3+][C@@H](CCOP(=O)([O-])[O-])C(=O)[O-]. The van der Waals surface area contributed by atoms with Gasteiger partial charge in [-0.15, -0.1) is 0 Å². The maximum Gasteiger partial charge on any atom is 0.127 e. The second-order valence-corrected chi connectivity index (χ2v) is 3.24. The highest BCUT2D eigenvalue weighted by atomic mass is 31.2. The molecule has 0 aromatic carbocycles. The summed E-state index contributed by atoms with van der Waals surface area (Å²) in [6.45, 7) is -0.480. The summed E-state index contributed by atoms with van der Waals surface area (Å²) in [6, 6.07) is -1.07. The first-order valence-electron chi connectivity index (χ1n) is 3.03. The quantitative estimate of drug-likeness (QED) is 0.441. The molecule has 0 unspecified atom stereocenters. The normalized spacial score (nSPS) is 14.2. The molecule has 0 aliphatic heterocycles. The largest absolute Gasteiger partial charge is 0.790 e. The fourth-order valence-corrected chi connectivity index (χ4v) is 0.754. The molecule has 0 bridgehead atoms. The topological polar surface area (TPSA) is 140 Å². The molecule has 72 valence electrons. The zero-order chi connectivity index (χ0) is 9.78. The van der Waals surface area contributed by atoms with E-state index in [9.17, 15) is 24.3 Å². The average molecular weight is 197 g/mol. The third-order valence-electron chi connectivity index (χ3n) is 1.05. The van der Waals surface area contributed by atoms with Gasteiger partial charge in [-0.2, -0.15) is 0 Å². The molecule has 0 spiro atoms. The Morgan fingerprint density at radius 2 is 2.08 bits per heavy atom. The van der Waals surface area contributed by atoms with Gasteiger partial charge < -0.3 is 34.5 Å². The fourth-order valence-electron chi connectivity index (χ4n) is 0.425. The zero-order valence-corrected chi connectivity index (χ0v) is 6.99. The number of aliphatic carboxylic acids is 1. The van der Waals surface area contributed by atoms with Crippen LogP contribution in [0.3, 0.4) is 0 Å². The molecule has 0 amide bonds. The molecule has 1 atom stereocenters. The van der Waals surface area contributed by atoms with Crippen molar-refractivity contribution in [3.8, 4) is 0 Å². The molecule has 0 aliphatic rings. The van der Waals surface area contributed by atoms with E-state index in [-0.39, 0.29) is 6.42 Å². The molecule has 0 saturated heterocycles. The third kappa shape index (κ3) is 6.26. The first-order valence-corrected chi connectivity index (χ1v) is 4.49. The van der Waals surface area contributed by atoms with E-state index in [1.54, 1.807) is 0 Å². The van der Waals surface area contributed by atoms with Crippen molar-refractivity contribution < 1.29 is 34.5 Å². The molecule has 0 aromatic heterocycles. The van der Waals surface area contributed by atoms with Gasteiger partial charge in [0.05, 0.1) is 20.4 Å². The average Bonchev–Trinajstić information content (AvgIpc) is 1.84. The monoisotopic (exact) mass is 197 g/mol. The predicted octanol–water partition coefficient (Wildman–Crippen LogP) is -4.42. The predicted molar refractivity (Wildman–Crippen MR) is 29.9 cm³/mol. The number of carbonyl (C=O) groups is 1. The van der Waals surface area contributed by atoms with Crippen LogP contribution in [0.15, 0.2) is 0 Å². The molecule has 7 nitrogen and oxygen atoms in total. The number of hydrogen-bond acceptors (Lipinski definition) is 6. The van der Waals surface area contributed by atoms with Crippen LogP contribution in [0.25, 0.3) is 0 Å². The van der Waals surface area contributed by atoms with Gasteiger partial charge in [0.2, 0.25) is 0 Å². The van der Waals surface area contributed by atoms with Crippen molar-refractivity contribution in [3.05, 3.63) is 0 Å². The molecule has 0 fully saturated rings. The van der Waals surface area contributed by atoms with E-state index in [0.717, 1.165) is 0 Å². The molecule has 0 radical (unpaired) electrons. The first-order chi connectivity index (χ1) is 5.33. The molecule has 0 aliphatic carbocycles. The number of carbonyl (C=O) groups excluding carboxylic acids is 1. The Bertz CT molecular complexity index is 200. The van der Waals surface area contributed by atoms with Crippen LogP contribution in [0.5, 0.6) is 0 Å². The molecular formula is C4H8NO6P-2. The number of phosphoric ester groups is 1. The summed E-state index contributed by atoms with van der Waals surface area (Å²) >= 11 is 0. The van der Waals surface area contributed by atoms with Crippen molar-refractivity contribution in [1.82, 2.24) is 0 Å². The van der Waals surface area contributed by atoms with Crippen molar-refractivity contribution >= 4 is 13.8 Å². The van der Waals surface area contributed by atoms with Crippen LogP contribution in [0, 0.1) is 0 Å². The Morgan fingerprint density at radius 1 is 1.58 bits per heavy atom. The van der Waals surface area contributed by atoms with E-state index in [0.29, 0.717) is 0 Å². The Labute approximate surface area is 68.4 Å². The highest BCUT2D eigenvalue weighted by Crippen LogP contribution is 2.24. The Morgan fingerprint density at radius 3 is 2.42 bits per heavy atom.